The zero-order valence-electron chi connectivity index (χ0n) is 17.0. The van der Waals surface area contributed by atoms with Crippen molar-refractivity contribution in [2.24, 2.45) is 11.3 Å². The summed E-state index contributed by atoms with van der Waals surface area (Å²) in [5.41, 5.74) is -0.0159. The maximum absolute atomic E-state index is 14.8. The largest absolute Gasteiger partial charge is 0.348 e. The third kappa shape index (κ3) is 4.85. The summed E-state index contributed by atoms with van der Waals surface area (Å²) in [4.78, 5) is 17.5. The van der Waals surface area contributed by atoms with Crippen LogP contribution in [0.3, 0.4) is 0 Å². The van der Waals surface area contributed by atoms with Crippen LogP contribution in [0.2, 0.25) is 10.0 Å². The molecule has 4 nitrogen and oxygen atoms in total. The van der Waals surface area contributed by atoms with E-state index >= 15 is 0 Å². The number of nitrogens with one attached hydrogen (secondary N) is 1. The first kappa shape index (κ1) is 22.8. The lowest BCUT2D eigenvalue weighted by Crippen LogP contribution is -2.52. The van der Waals surface area contributed by atoms with Gasteiger partial charge in [0.05, 0.1) is 22.0 Å². The Labute approximate surface area is 194 Å². The van der Waals surface area contributed by atoms with Crippen LogP contribution in [0.15, 0.2) is 35.4 Å². The smallest absolute Gasteiger partial charge is 0.226 e. The molecule has 1 aromatic heterocycles. The molecule has 1 saturated heterocycles. The third-order valence-electron chi connectivity index (χ3n) is 6.25. The second-order valence-corrected chi connectivity index (χ2v) is 10.5. The SMILES string of the molecule is CC1(C(NC(=O)C2CN(Sc3ccc(F)nc3)C2)c2c(F)ccc(Cl)c2Cl)CCCC1. The fourth-order valence-electron chi connectivity index (χ4n) is 4.38. The summed E-state index contributed by atoms with van der Waals surface area (Å²) in [6.45, 7) is 3.16. The van der Waals surface area contributed by atoms with Crippen molar-refractivity contribution in [1.29, 1.82) is 0 Å². The Morgan fingerprint density at radius 2 is 1.94 bits per heavy atom. The van der Waals surface area contributed by atoms with Gasteiger partial charge in [-0.2, -0.15) is 4.39 Å². The Bertz CT molecular complexity index is 964. The molecule has 1 aliphatic heterocycles. The molecule has 1 amide bonds. The van der Waals surface area contributed by atoms with Gasteiger partial charge in [0.2, 0.25) is 11.9 Å². The molecule has 1 unspecified atom stereocenters. The summed E-state index contributed by atoms with van der Waals surface area (Å²) in [6, 6.07) is 5.16. The highest BCUT2D eigenvalue weighted by atomic mass is 35.5. The van der Waals surface area contributed by atoms with Crippen molar-refractivity contribution < 1.29 is 13.6 Å². The van der Waals surface area contributed by atoms with Gasteiger partial charge in [-0.3, -0.25) is 4.79 Å². The predicted molar refractivity (Wildman–Crippen MR) is 119 cm³/mol. The van der Waals surface area contributed by atoms with Crippen molar-refractivity contribution in [3.63, 3.8) is 0 Å². The number of nitrogens with zero attached hydrogens (tertiary/aromatic N) is 2. The van der Waals surface area contributed by atoms with E-state index in [0.29, 0.717) is 13.1 Å². The summed E-state index contributed by atoms with van der Waals surface area (Å²) >= 11 is 14.0. The van der Waals surface area contributed by atoms with E-state index in [2.05, 4.69) is 17.2 Å². The molecule has 0 bridgehead atoms. The number of carbonyl (C=O) groups is 1. The lowest BCUT2D eigenvalue weighted by atomic mass is 9.76. The molecule has 1 aliphatic carbocycles. The molecule has 1 saturated carbocycles. The zero-order chi connectivity index (χ0) is 22.2. The minimum Gasteiger partial charge on any atom is -0.348 e. The van der Waals surface area contributed by atoms with Crippen molar-refractivity contribution >= 4 is 41.1 Å². The highest BCUT2D eigenvalue weighted by molar-refractivity contribution is 7.97. The Hall–Kier alpha value is -1.41. The van der Waals surface area contributed by atoms with Crippen LogP contribution < -0.4 is 5.32 Å². The molecular weight excluding hydrogens is 463 g/mol. The minimum absolute atomic E-state index is 0.123. The molecule has 31 heavy (non-hydrogen) atoms. The normalized spacial score (nSPS) is 19.8. The lowest BCUT2D eigenvalue weighted by Gasteiger charge is -2.40. The first-order valence-electron chi connectivity index (χ1n) is 10.2. The first-order chi connectivity index (χ1) is 14.8. The Morgan fingerprint density at radius 1 is 1.23 bits per heavy atom. The van der Waals surface area contributed by atoms with Crippen LogP contribution in [0.1, 0.15) is 44.2 Å². The van der Waals surface area contributed by atoms with Crippen LogP contribution in [0, 0.1) is 23.1 Å². The molecule has 0 radical (unpaired) electrons. The van der Waals surface area contributed by atoms with Crippen LogP contribution in [0.25, 0.3) is 0 Å². The molecule has 2 aliphatic rings. The number of benzene rings is 1. The first-order valence-corrected chi connectivity index (χ1v) is 11.8. The Morgan fingerprint density at radius 3 is 2.58 bits per heavy atom. The number of pyridine rings is 1. The van der Waals surface area contributed by atoms with Gasteiger partial charge in [-0.15, -0.1) is 0 Å². The van der Waals surface area contributed by atoms with E-state index in [1.165, 1.54) is 36.3 Å². The van der Waals surface area contributed by atoms with E-state index in [-0.39, 0.29) is 32.8 Å². The monoisotopic (exact) mass is 485 g/mol. The highest BCUT2D eigenvalue weighted by Crippen LogP contribution is 2.50. The minimum atomic E-state index is -0.545. The average Bonchev–Trinajstić information content (AvgIpc) is 3.15. The lowest BCUT2D eigenvalue weighted by molar-refractivity contribution is -0.129. The van der Waals surface area contributed by atoms with E-state index in [1.54, 1.807) is 6.07 Å². The molecule has 4 rings (SSSR count). The number of carbonyl (C=O) groups excluding carboxylic acids is 1. The molecule has 2 aromatic rings. The fourth-order valence-corrected chi connectivity index (χ4v) is 5.84. The number of rotatable bonds is 6. The van der Waals surface area contributed by atoms with Crippen molar-refractivity contribution in [2.75, 3.05) is 13.1 Å². The fraction of sp³-hybridized carbons (Fsp3) is 0.455. The zero-order valence-corrected chi connectivity index (χ0v) is 19.3. The third-order valence-corrected chi connectivity index (χ3v) is 8.08. The standard InChI is InChI=1S/C22H23Cl2F2N3OS/c1-22(8-2-3-9-22)20(18-16(25)6-5-15(23)19(18)24)28-21(30)13-11-29(12-13)31-14-4-7-17(26)27-10-14/h4-7,10,13,20H,2-3,8-9,11-12H2,1H3,(H,28,30). The molecule has 2 heterocycles. The number of aromatic nitrogens is 1. The molecule has 1 atom stereocenters. The van der Waals surface area contributed by atoms with Gasteiger partial charge >= 0.3 is 0 Å². The highest BCUT2D eigenvalue weighted by Gasteiger charge is 2.43. The van der Waals surface area contributed by atoms with Gasteiger partial charge in [-0.1, -0.05) is 43.0 Å². The summed E-state index contributed by atoms with van der Waals surface area (Å²) < 4.78 is 29.8. The second-order valence-electron chi connectivity index (χ2n) is 8.51. The van der Waals surface area contributed by atoms with Crippen LogP contribution in [-0.2, 0) is 4.79 Å². The summed E-state index contributed by atoms with van der Waals surface area (Å²) in [5.74, 6) is -1.32. The van der Waals surface area contributed by atoms with Crippen molar-refractivity contribution in [3.8, 4) is 0 Å². The van der Waals surface area contributed by atoms with E-state index in [0.717, 1.165) is 30.6 Å². The van der Waals surface area contributed by atoms with E-state index < -0.39 is 17.8 Å². The molecular formula is C22H23Cl2F2N3OS. The van der Waals surface area contributed by atoms with Crippen LogP contribution >= 0.6 is 35.1 Å². The predicted octanol–water partition coefficient (Wildman–Crippen LogP) is 6.04. The summed E-state index contributed by atoms with van der Waals surface area (Å²) in [7, 11) is 0. The Balaban J connectivity index is 1.46. The van der Waals surface area contributed by atoms with Gasteiger partial charge in [0.25, 0.3) is 0 Å². The molecule has 0 spiro atoms. The molecule has 1 aromatic carbocycles. The van der Waals surface area contributed by atoms with Crippen LogP contribution in [0.5, 0.6) is 0 Å². The maximum Gasteiger partial charge on any atom is 0.226 e. The number of amides is 1. The average molecular weight is 486 g/mol. The van der Waals surface area contributed by atoms with Gasteiger partial charge in [0.15, 0.2) is 0 Å². The van der Waals surface area contributed by atoms with Gasteiger partial charge < -0.3 is 5.32 Å². The quantitative estimate of drug-likeness (QED) is 0.307. The van der Waals surface area contributed by atoms with Crippen molar-refractivity contribution in [2.45, 2.75) is 43.5 Å². The van der Waals surface area contributed by atoms with Crippen molar-refractivity contribution in [1.82, 2.24) is 14.6 Å². The topological polar surface area (TPSA) is 45.2 Å². The van der Waals surface area contributed by atoms with E-state index in [9.17, 15) is 13.6 Å². The maximum atomic E-state index is 14.8. The number of halogens is 4. The molecule has 9 heteroatoms. The molecule has 2 fully saturated rings. The van der Waals surface area contributed by atoms with Crippen LogP contribution in [-0.4, -0.2) is 28.3 Å². The van der Waals surface area contributed by atoms with Gasteiger partial charge in [0, 0.05) is 29.7 Å². The van der Waals surface area contributed by atoms with E-state index in [1.807, 2.05) is 4.31 Å². The van der Waals surface area contributed by atoms with Gasteiger partial charge in [-0.05, 0) is 54.5 Å². The number of hydrogen-bond donors (Lipinski definition) is 1. The van der Waals surface area contributed by atoms with Gasteiger partial charge in [0.1, 0.15) is 5.82 Å². The Kier molecular flexibility index (Phi) is 6.77. The summed E-state index contributed by atoms with van der Waals surface area (Å²) in [6.07, 6.45) is 5.29. The van der Waals surface area contributed by atoms with Crippen molar-refractivity contribution in [3.05, 3.63) is 57.8 Å². The van der Waals surface area contributed by atoms with Crippen LogP contribution in [0.4, 0.5) is 8.78 Å². The van der Waals surface area contributed by atoms with E-state index in [4.69, 9.17) is 23.2 Å². The van der Waals surface area contributed by atoms with Gasteiger partial charge in [-0.25, -0.2) is 13.7 Å². The molecule has 1 N–H and O–H groups in total. The summed E-state index contributed by atoms with van der Waals surface area (Å²) in [5, 5.41) is 3.54. The molecule has 166 valence electrons. The number of hydrogen-bond acceptors (Lipinski definition) is 4. The second kappa shape index (κ2) is 9.22.